The molecule has 1 heterocycles. The number of anilines is 2. The van der Waals surface area contributed by atoms with Crippen LogP contribution in [0.5, 0.6) is 0 Å². The first-order chi connectivity index (χ1) is 7.22. The van der Waals surface area contributed by atoms with E-state index >= 15 is 0 Å². The molecule has 0 aliphatic carbocycles. The van der Waals surface area contributed by atoms with Gasteiger partial charge in [0.15, 0.2) is 0 Å². The maximum atomic E-state index is 4.40. The molecule has 0 aliphatic rings. The van der Waals surface area contributed by atoms with E-state index < -0.39 is 0 Å². The lowest BCUT2D eigenvalue weighted by atomic mass is 10.2. The lowest BCUT2D eigenvalue weighted by Gasteiger charge is -2.09. The van der Waals surface area contributed by atoms with E-state index in [1.165, 1.54) is 0 Å². The lowest BCUT2D eigenvalue weighted by molar-refractivity contribution is 0.686. The van der Waals surface area contributed by atoms with E-state index in [0.717, 1.165) is 31.1 Å². The average Bonchev–Trinajstić information content (AvgIpc) is 2.24. The van der Waals surface area contributed by atoms with Crippen molar-refractivity contribution in [3.05, 3.63) is 12.4 Å². The number of aromatic nitrogens is 2. The molecular weight excluding hydrogens is 188 g/mol. The first-order valence-electron chi connectivity index (χ1n) is 5.52. The van der Waals surface area contributed by atoms with Crippen molar-refractivity contribution in [3.8, 4) is 0 Å². The largest absolute Gasteiger partial charge is 0.369 e. The number of hydrogen-bond acceptors (Lipinski definition) is 4. The van der Waals surface area contributed by atoms with Crippen molar-refractivity contribution in [3.63, 3.8) is 0 Å². The third kappa shape index (κ3) is 4.63. The van der Waals surface area contributed by atoms with Crippen molar-refractivity contribution in [2.24, 2.45) is 5.92 Å². The highest BCUT2D eigenvalue weighted by molar-refractivity contribution is 5.41. The SMILES string of the molecule is CCCNc1cncc(NCC(C)C)n1. The Morgan fingerprint density at radius 2 is 1.87 bits per heavy atom. The molecule has 0 saturated carbocycles. The summed E-state index contributed by atoms with van der Waals surface area (Å²) in [6.07, 6.45) is 4.58. The molecule has 4 nitrogen and oxygen atoms in total. The highest BCUT2D eigenvalue weighted by atomic mass is 15.1. The minimum Gasteiger partial charge on any atom is -0.369 e. The molecule has 0 spiro atoms. The Balaban J connectivity index is 2.50. The summed E-state index contributed by atoms with van der Waals surface area (Å²) < 4.78 is 0. The molecule has 84 valence electrons. The van der Waals surface area contributed by atoms with Crippen LogP contribution in [-0.4, -0.2) is 23.1 Å². The first kappa shape index (κ1) is 11.8. The summed E-state index contributed by atoms with van der Waals surface area (Å²) in [6, 6.07) is 0. The Bertz CT molecular complexity index is 286. The fourth-order valence-electron chi connectivity index (χ4n) is 1.10. The van der Waals surface area contributed by atoms with Crippen LogP contribution in [0.1, 0.15) is 27.2 Å². The van der Waals surface area contributed by atoms with E-state index in [1.807, 2.05) is 0 Å². The Morgan fingerprint density at radius 1 is 1.20 bits per heavy atom. The zero-order chi connectivity index (χ0) is 11.1. The number of nitrogens with one attached hydrogen (secondary N) is 2. The normalized spacial score (nSPS) is 10.4. The van der Waals surface area contributed by atoms with Gasteiger partial charge in [0, 0.05) is 13.1 Å². The van der Waals surface area contributed by atoms with Crippen LogP contribution in [-0.2, 0) is 0 Å². The Hall–Kier alpha value is -1.32. The van der Waals surface area contributed by atoms with Gasteiger partial charge in [-0.2, -0.15) is 0 Å². The zero-order valence-corrected chi connectivity index (χ0v) is 9.75. The van der Waals surface area contributed by atoms with Crippen molar-refractivity contribution < 1.29 is 0 Å². The predicted octanol–water partition coefficient (Wildman–Crippen LogP) is 2.37. The van der Waals surface area contributed by atoms with E-state index in [-0.39, 0.29) is 0 Å². The maximum absolute atomic E-state index is 4.40. The van der Waals surface area contributed by atoms with Gasteiger partial charge in [-0.25, -0.2) is 4.98 Å². The maximum Gasteiger partial charge on any atom is 0.146 e. The van der Waals surface area contributed by atoms with E-state index in [9.17, 15) is 0 Å². The third-order valence-electron chi connectivity index (χ3n) is 1.88. The second-order valence-corrected chi connectivity index (χ2v) is 3.99. The number of nitrogens with zero attached hydrogens (tertiary/aromatic N) is 2. The zero-order valence-electron chi connectivity index (χ0n) is 9.75. The van der Waals surface area contributed by atoms with Gasteiger partial charge in [-0.3, -0.25) is 4.98 Å². The highest BCUT2D eigenvalue weighted by Gasteiger charge is 1.98. The number of hydrogen-bond donors (Lipinski definition) is 2. The third-order valence-corrected chi connectivity index (χ3v) is 1.88. The van der Waals surface area contributed by atoms with Crippen LogP contribution < -0.4 is 10.6 Å². The molecule has 0 radical (unpaired) electrons. The quantitative estimate of drug-likeness (QED) is 0.753. The molecule has 15 heavy (non-hydrogen) atoms. The van der Waals surface area contributed by atoms with Crippen molar-refractivity contribution in [1.82, 2.24) is 9.97 Å². The summed E-state index contributed by atoms with van der Waals surface area (Å²) >= 11 is 0. The number of rotatable bonds is 6. The van der Waals surface area contributed by atoms with Crippen LogP contribution in [0.4, 0.5) is 11.6 Å². The summed E-state index contributed by atoms with van der Waals surface area (Å²) in [5.41, 5.74) is 0. The second kappa shape index (κ2) is 6.22. The summed E-state index contributed by atoms with van der Waals surface area (Å²) in [7, 11) is 0. The van der Waals surface area contributed by atoms with Crippen LogP contribution in [0.2, 0.25) is 0 Å². The molecule has 4 heteroatoms. The molecule has 0 amide bonds. The Labute approximate surface area is 91.5 Å². The van der Waals surface area contributed by atoms with Gasteiger partial charge in [0.1, 0.15) is 11.6 Å². The van der Waals surface area contributed by atoms with Crippen molar-refractivity contribution in [2.45, 2.75) is 27.2 Å². The van der Waals surface area contributed by atoms with Crippen LogP contribution in [0.15, 0.2) is 12.4 Å². The molecular formula is C11H20N4. The predicted molar refractivity (Wildman–Crippen MR) is 64.1 cm³/mol. The summed E-state index contributed by atoms with van der Waals surface area (Å²) in [4.78, 5) is 8.53. The van der Waals surface area contributed by atoms with Gasteiger partial charge in [0.05, 0.1) is 12.4 Å². The molecule has 0 unspecified atom stereocenters. The van der Waals surface area contributed by atoms with Gasteiger partial charge < -0.3 is 10.6 Å². The van der Waals surface area contributed by atoms with Crippen molar-refractivity contribution in [1.29, 1.82) is 0 Å². The smallest absolute Gasteiger partial charge is 0.146 e. The molecule has 1 aromatic heterocycles. The molecule has 0 bridgehead atoms. The standard InChI is InChI=1S/C11H20N4/c1-4-5-13-10-7-12-8-11(15-10)14-6-9(2)3/h7-9H,4-6H2,1-3H3,(H2,13,14,15). The average molecular weight is 208 g/mol. The Morgan fingerprint density at radius 3 is 2.47 bits per heavy atom. The molecule has 0 aliphatic heterocycles. The summed E-state index contributed by atoms with van der Waals surface area (Å²) in [5, 5.41) is 6.46. The van der Waals surface area contributed by atoms with Crippen LogP contribution in [0.3, 0.4) is 0 Å². The van der Waals surface area contributed by atoms with E-state index in [2.05, 4.69) is 41.4 Å². The topological polar surface area (TPSA) is 49.8 Å². The minimum absolute atomic E-state index is 0.610. The van der Waals surface area contributed by atoms with Gasteiger partial charge in [0.25, 0.3) is 0 Å². The summed E-state index contributed by atoms with van der Waals surface area (Å²) in [6.45, 7) is 8.31. The van der Waals surface area contributed by atoms with Crippen LogP contribution in [0, 0.1) is 5.92 Å². The van der Waals surface area contributed by atoms with Gasteiger partial charge in [0.2, 0.25) is 0 Å². The first-order valence-corrected chi connectivity index (χ1v) is 5.52. The fraction of sp³-hybridized carbons (Fsp3) is 0.636. The molecule has 1 rings (SSSR count). The highest BCUT2D eigenvalue weighted by Crippen LogP contribution is 2.07. The molecule has 1 aromatic rings. The van der Waals surface area contributed by atoms with Crippen LogP contribution in [0.25, 0.3) is 0 Å². The second-order valence-electron chi connectivity index (χ2n) is 3.99. The van der Waals surface area contributed by atoms with Crippen LogP contribution >= 0.6 is 0 Å². The van der Waals surface area contributed by atoms with E-state index in [1.54, 1.807) is 12.4 Å². The lowest BCUT2D eigenvalue weighted by Crippen LogP contribution is -2.10. The van der Waals surface area contributed by atoms with Gasteiger partial charge in [-0.05, 0) is 12.3 Å². The Kier molecular flexibility index (Phi) is 4.87. The minimum atomic E-state index is 0.610. The molecule has 0 saturated heterocycles. The van der Waals surface area contributed by atoms with Gasteiger partial charge >= 0.3 is 0 Å². The van der Waals surface area contributed by atoms with E-state index in [4.69, 9.17) is 0 Å². The van der Waals surface area contributed by atoms with Crippen molar-refractivity contribution in [2.75, 3.05) is 23.7 Å². The molecule has 2 N–H and O–H groups in total. The monoisotopic (exact) mass is 208 g/mol. The molecule has 0 atom stereocenters. The van der Waals surface area contributed by atoms with Gasteiger partial charge in [-0.1, -0.05) is 20.8 Å². The molecule has 0 aromatic carbocycles. The fourth-order valence-corrected chi connectivity index (χ4v) is 1.10. The van der Waals surface area contributed by atoms with Crippen molar-refractivity contribution >= 4 is 11.6 Å². The van der Waals surface area contributed by atoms with Gasteiger partial charge in [-0.15, -0.1) is 0 Å². The summed E-state index contributed by atoms with van der Waals surface area (Å²) in [5.74, 6) is 2.29. The van der Waals surface area contributed by atoms with E-state index in [0.29, 0.717) is 5.92 Å². The molecule has 0 fully saturated rings.